The van der Waals surface area contributed by atoms with Gasteiger partial charge in [0.25, 0.3) is 0 Å². The van der Waals surface area contributed by atoms with Gasteiger partial charge in [0.05, 0.1) is 34.1 Å². The van der Waals surface area contributed by atoms with E-state index in [0.717, 1.165) is 44.8 Å². The molecule has 0 bridgehead atoms. The van der Waals surface area contributed by atoms with Gasteiger partial charge in [0.15, 0.2) is 0 Å². The predicted molar refractivity (Wildman–Crippen MR) is 142 cm³/mol. The van der Waals surface area contributed by atoms with E-state index in [1.165, 1.54) is 5.56 Å². The van der Waals surface area contributed by atoms with Gasteiger partial charge in [0.2, 0.25) is 0 Å². The molecule has 0 amide bonds. The predicted octanol–water partition coefficient (Wildman–Crippen LogP) is 6.32. The minimum absolute atomic E-state index is 0.0355. The van der Waals surface area contributed by atoms with Crippen LogP contribution >= 0.6 is 0 Å². The first-order chi connectivity index (χ1) is 17.6. The highest BCUT2D eigenvalue weighted by molar-refractivity contribution is 5.95. The molecule has 36 heavy (non-hydrogen) atoms. The number of oxime groups is 1. The molecule has 1 aromatic carbocycles. The van der Waals surface area contributed by atoms with E-state index < -0.39 is 0 Å². The van der Waals surface area contributed by atoms with Gasteiger partial charge in [0.1, 0.15) is 12.1 Å². The Bertz CT molecular complexity index is 1500. The van der Waals surface area contributed by atoms with E-state index in [1.807, 2.05) is 49.8 Å². The highest BCUT2D eigenvalue weighted by Gasteiger charge is 2.31. The Hall–Kier alpha value is -4.32. The Labute approximate surface area is 210 Å². The molecule has 6 nitrogen and oxygen atoms in total. The summed E-state index contributed by atoms with van der Waals surface area (Å²) in [5.41, 5.74) is 9.29. The molecule has 0 N–H and O–H groups in total. The van der Waals surface area contributed by atoms with E-state index in [-0.39, 0.29) is 18.1 Å². The van der Waals surface area contributed by atoms with Crippen LogP contribution in [0.5, 0.6) is 0 Å². The number of nitrogens with zero attached hydrogens (tertiary/aromatic N) is 5. The lowest BCUT2D eigenvalue weighted by Crippen LogP contribution is -2.17. The largest absolute Gasteiger partial charge is 0.392 e. The van der Waals surface area contributed by atoms with Crippen LogP contribution in [-0.4, -0.2) is 31.3 Å². The molecule has 6 rings (SSSR count). The molecule has 0 aliphatic carbocycles. The molecule has 0 saturated carbocycles. The fourth-order valence-electron chi connectivity index (χ4n) is 5.12. The summed E-state index contributed by atoms with van der Waals surface area (Å²) in [6, 6.07) is 22.6. The van der Waals surface area contributed by atoms with Crippen molar-refractivity contribution in [3.8, 4) is 11.1 Å². The van der Waals surface area contributed by atoms with Crippen molar-refractivity contribution in [1.29, 1.82) is 0 Å². The maximum Gasteiger partial charge on any atom is 0.137 e. The molecular weight excluding hydrogens is 446 g/mol. The quantitative estimate of drug-likeness (QED) is 0.300. The average Bonchev–Trinajstić information content (AvgIpc) is 3.45. The average molecular weight is 474 g/mol. The summed E-state index contributed by atoms with van der Waals surface area (Å²) in [4.78, 5) is 20.1. The summed E-state index contributed by atoms with van der Waals surface area (Å²) in [7, 11) is 0. The summed E-state index contributed by atoms with van der Waals surface area (Å²) in [5, 5.41) is 4.23. The number of aryl methyl sites for hydroxylation is 1. The lowest BCUT2D eigenvalue weighted by atomic mass is 9.92. The van der Waals surface area contributed by atoms with E-state index >= 15 is 0 Å². The molecular formula is C30H27N5O. The molecule has 5 heterocycles. The van der Waals surface area contributed by atoms with Crippen LogP contribution in [-0.2, 0) is 4.84 Å². The van der Waals surface area contributed by atoms with Gasteiger partial charge in [-0.25, -0.2) is 0 Å². The van der Waals surface area contributed by atoms with Crippen molar-refractivity contribution in [2.24, 2.45) is 5.16 Å². The van der Waals surface area contributed by atoms with Crippen molar-refractivity contribution in [3.63, 3.8) is 0 Å². The number of benzene rings is 1. The van der Waals surface area contributed by atoms with Crippen molar-refractivity contribution in [1.82, 2.24) is 19.5 Å². The van der Waals surface area contributed by atoms with Crippen LogP contribution in [0.2, 0.25) is 0 Å². The number of fused-ring (bicyclic) bond motifs is 1. The van der Waals surface area contributed by atoms with Gasteiger partial charge >= 0.3 is 0 Å². The third kappa shape index (κ3) is 3.85. The highest BCUT2D eigenvalue weighted by atomic mass is 16.6. The Morgan fingerprint density at radius 2 is 1.56 bits per heavy atom. The van der Waals surface area contributed by atoms with Gasteiger partial charge in [0, 0.05) is 30.4 Å². The normalized spacial score (nSPS) is 17.4. The second-order valence-corrected chi connectivity index (χ2v) is 9.39. The van der Waals surface area contributed by atoms with E-state index in [0.29, 0.717) is 0 Å². The monoisotopic (exact) mass is 473 g/mol. The van der Waals surface area contributed by atoms with Crippen molar-refractivity contribution in [3.05, 3.63) is 114 Å². The van der Waals surface area contributed by atoms with Gasteiger partial charge < -0.3 is 9.40 Å². The molecule has 1 aliphatic heterocycles. The molecule has 178 valence electrons. The van der Waals surface area contributed by atoms with Crippen LogP contribution < -0.4 is 0 Å². The first-order valence-corrected chi connectivity index (χ1v) is 12.2. The zero-order valence-corrected chi connectivity index (χ0v) is 20.5. The highest BCUT2D eigenvalue weighted by Crippen LogP contribution is 2.37. The van der Waals surface area contributed by atoms with Crippen molar-refractivity contribution in [2.75, 3.05) is 0 Å². The van der Waals surface area contributed by atoms with Crippen LogP contribution in [0.15, 0.2) is 96.7 Å². The third-order valence-corrected chi connectivity index (χ3v) is 6.91. The fourth-order valence-corrected chi connectivity index (χ4v) is 5.12. The van der Waals surface area contributed by atoms with Crippen LogP contribution in [0.3, 0.4) is 0 Å². The maximum absolute atomic E-state index is 5.58. The number of aromatic nitrogens is 4. The Balaban J connectivity index is 1.62. The summed E-state index contributed by atoms with van der Waals surface area (Å²) in [6.45, 7) is 6.17. The van der Waals surface area contributed by atoms with Crippen molar-refractivity contribution < 1.29 is 4.84 Å². The van der Waals surface area contributed by atoms with Gasteiger partial charge in [-0.15, -0.1) is 0 Å². The first-order valence-electron chi connectivity index (χ1n) is 12.2. The zero-order chi connectivity index (χ0) is 24.6. The molecule has 6 heteroatoms. The maximum atomic E-state index is 5.58. The van der Waals surface area contributed by atoms with E-state index in [9.17, 15) is 0 Å². The van der Waals surface area contributed by atoms with Gasteiger partial charge in [-0.1, -0.05) is 47.1 Å². The van der Waals surface area contributed by atoms with Gasteiger partial charge in [-0.05, 0) is 62.2 Å². The summed E-state index contributed by atoms with van der Waals surface area (Å²) in [5.74, 6) is 0.0659. The molecule has 0 saturated heterocycles. The molecule has 1 aliphatic rings. The number of hydrogen-bond donors (Lipinski definition) is 0. The number of rotatable bonds is 5. The fraction of sp³-hybridized carbons (Fsp3) is 0.200. The summed E-state index contributed by atoms with van der Waals surface area (Å²) >= 11 is 0. The second kappa shape index (κ2) is 9.04. The molecule has 5 aromatic rings. The van der Waals surface area contributed by atoms with Gasteiger partial charge in [-0.3, -0.25) is 15.0 Å². The smallest absolute Gasteiger partial charge is 0.137 e. The standard InChI is InChI=1S/C30H27N5O/c1-19-10-12-22(13-11-19)24-18-35(30(25-8-4-6-14-31-25)26-9-5-7-15-32-26)27-16-23(17-33-29(24)27)28-20(2)34-36-21(28)3/h4-18,21,28,30H,1-3H3. The van der Waals surface area contributed by atoms with E-state index in [2.05, 4.69) is 72.2 Å². The molecule has 0 radical (unpaired) electrons. The second-order valence-electron chi connectivity index (χ2n) is 9.39. The number of pyridine rings is 3. The lowest BCUT2D eigenvalue weighted by molar-refractivity contribution is 0.0904. The molecule has 2 atom stereocenters. The van der Waals surface area contributed by atoms with Crippen LogP contribution in [0.1, 0.15) is 48.3 Å². The molecule has 4 aromatic heterocycles. The van der Waals surface area contributed by atoms with Crippen LogP contribution in [0.4, 0.5) is 0 Å². The molecule has 0 fully saturated rings. The van der Waals surface area contributed by atoms with E-state index in [1.54, 1.807) is 0 Å². The minimum Gasteiger partial charge on any atom is -0.392 e. The summed E-state index contributed by atoms with van der Waals surface area (Å²) in [6.07, 6.45) is 7.79. The van der Waals surface area contributed by atoms with Crippen LogP contribution in [0, 0.1) is 6.92 Å². The Morgan fingerprint density at radius 1 is 0.861 bits per heavy atom. The Morgan fingerprint density at radius 3 is 2.14 bits per heavy atom. The van der Waals surface area contributed by atoms with E-state index in [4.69, 9.17) is 19.8 Å². The van der Waals surface area contributed by atoms with Crippen molar-refractivity contribution in [2.45, 2.75) is 38.8 Å². The third-order valence-electron chi connectivity index (χ3n) is 6.91. The van der Waals surface area contributed by atoms with Crippen molar-refractivity contribution >= 4 is 16.7 Å². The molecule has 2 unspecified atom stereocenters. The topological polar surface area (TPSA) is 65.2 Å². The zero-order valence-electron chi connectivity index (χ0n) is 20.5. The summed E-state index contributed by atoms with van der Waals surface area (Å²) < 4.78 is 2.26. The SMILES string of the molecule is CC1=NOC(C)C1c1cnc2c(-c3ccc(C)cc3)cn(C(c3ccccn3)c3ccccn3)c2c1. The lowest BCUT2D eigenvalue weighted by Gasteiger charge is -2.20. The van der Waals surface area contributed by atoms with Gasteiger partial charge in [-0.2, -0.15) is 0 Å². The van der Waals surface area contributed by atoms with Crippen LogP contribution in [0.25, 0.3) is 22.2 Å². The first kappa shape index (κ1) is 22.2. The Kier molecular flexibility index (Phi) is 5.56. The minimum atomic E-state index is -0.210. The molecule has 0 spiro atoms. The number of hydrogen-bond acceptors (Lipinski definition) is 5.